The highest BCUT2D eigenvalue weighted by molar-refractivity contribution is 7.92. The first-order valence-electron chi connectivity index (χ1n) is 15.1. The largest absolute Gasteiger partial charge is 0.476 e. The molecule has 2 aliphatic heterocycles. The number of aromatic nitrogens is 2. The Morgan fingerprint density at radius 1 is 1.00 bits per heavy atom. The highest BCUT2D eigenvalue weighted by Gasteiger charge is 2.54. The van der Waals surface area contributed by atoms with Crippen LogP contribution < -0.4 is 14.4 Å². The molecule has 1 saturated heterocycles. The number of morpholine rings is 1. The Labute approximate surface area is 257 Å². The average Bonchev–Trinajstić information content (AvgIpc) is 3.27. The van der Waals surface area contributed by atoms with Crippen molar-refractivity contribution in [2.24, 2.45) is 0 Å². The van der Waals surface area contributed by atoms with Crippen LogP contribution in [0.3, 0.4) is 0 Å². The number of hydrogen-bond donors (Lipinski definition) is 1. The van der Waals surface area contributed by atoms with Crippen LogP contribution in [0.4, 0.5) is 11.4 Å². The van der Waals surface area contributed by atoms with Crippen molar-refractivity contribution in [3.63, 3.8) is 0 Å². The lowest BCUT2D eigenvalue weighted by atomic mass is 9.64. The van der Waals surface area contributed by atoms with E-state index < -0.39 is 15.4 Å². The van der Waals surface area contributed by atoms with Crippen LogP contribution in [0.2, 0.25) is 0 Å². The Kier molecular flexibility index (Phi) is 7.47. The fraction of sp³-hybridized carbons (Fsp3) is 0.364. The third kappa shape index (κ3) is 5.08. The van der Waals surface area contributed by atoms with Gasteiger partial charge < -0.3 is 14.4 Å². The van der Waals surface area contributed by atoms with Crippen LogP contribution >= 0.6 is 0 Å². The Balaban J connectivity index is 1.22. The second-order valence-corrected chi connectivity index (χ2v) is 13.4. The minimum absolute atomic E-state index is 0.132. The van der Waals surface area contributed by atoms with Gasteiger partial charge in [-0.2, -0.15) is 0 Å². The smallest absolute Gasteiger partial charge is 0.262 e. The molecule has 2 fully saturated rings. The maximum Gasteiger partial charge on any atom is 0.262 e. The number of sulfonamides is 1. The van der Waals surface area contributed by atoms with E-state index in [1.54, 1.807) is 53.7 Å². The summed E-state index contributed by atoms with van der Waals surface area (Å²) in [4.78, 5) is 26.7. The molecule has 1 saturated carbocycles. The van der Waals surface area contributed by atoms with Gasteiger partial charge in [-0.1, -0.05) is 30.7 Å². The number of pyridine rings is 2. The average molecular weight is 614 g/mol. The summed E-state index contributed by atoms with van der Waals surface area (Å²) in [5.41, 5.74) is 4.06. The Hall–Kier alpha value is -4.06. The first-order chi connectivity index (χ1) is 21.4. The molecule has 1 N–H and O–H groups in total. The quantitative estimate of drug-likeness (QED) is 0.273. The molecule has 0 bridgehead atoms. The predicted molar refractivity (Wildman–Crippen MR) is 169 cm³/mol. The number of nitrogens with one attached hydrogen (secondary N) is 1. The second kappa shape index (κ2) is 11.5. The molecule has 4 heterocycles. The van der Waals surface area contributed by atoms with Gasteiger partial charge in [0.25, 0.3) is 10.0 Å². The predicted octanol–water partition coefficient (Wildman–Crippen LogP) is 4.60. The van der Waals surface area contributed by atoms with Crippen LogP contribution in [0.15, 0.2) is 71.9 Å². The standard InChI is InChI=1S/C33H35N5O5S/c1-37-29-22-34-27-10-9-23(19-26(27)30(29)33(32(37)39)11-5-12-33)24-20-28(36-44(40,41)25-7-3-2-4-8-25)31(35-21-24)43-16-6-13-38-14-17-42-18-15-38/h2-4,7-10,19-22,36H,5-6,11-18H2,1H3. The van der Waals surface area contributed by atoms with Crippen LogP contribution in [-0.4, -0.2) is 75.7 Å². The van der Waals surface area contributed by atoms with Gasteiger partial charge in [-0.25, -0.2) is 13.4 Å². The fourth-order valence-electron chi connectivity index (χ4n) is 6.53. The monoisotopic (exact) mass is 613 g/mol. The number of hydrogen-bond acceptors (Lipinski definition) is 8. The van der Waals surface area contributed by atoms with E-state index in [0.29, 0.717) is 6.61 Å². The van der Waals surface area contributed by atoms with Crippen molar-refractivity contribution >= 4 is 38.2 Å². The lowest BCUT2D eigenvalue weighted by Gasteiger charge is -2.37. The Morgan fingerprint density at radius 3 is 2.55 bits per heavy atom. The van der Waals surface area contributed by atoms with E-state index in [9.17, 15) is 13.2 Å². The summed E-state index contributed by atoms with van der Waals surface area (Å²) >= 11 is 0. The number of fused-ring (bicyclic) bond motifs is 4. The maximum atomic E-state index is 13.4. The van der Waals surface area contributed by atoms with Crippen molar-refractivity contribution < 1.29 is 22.7 Å². The first kappa shape index (κ1) is 28.7. The van der Waals surface area contributed by atoms with Gasteiger partial charge in [-0.3, -0.25) is 19.4 Å². The number of benzene rings is 2. The molecule has 1 aliphatic carbocycles. The molecule has 0 atom stereocenters. The normalized spacial score (nSPS) is 17.9. The van der Waals surface area contributed by atoms with Gasteiger partial charge in [0.2, 0.25) is 11.8 Å². The van der Waals surface area contributed by atoms with Crippen molar-refractivity contribution in [3.05, 3.63) is 72.6 Å². The summed E-state index contributed by atoms with van der Waals surface area (Å²) < 4.78 is 40.9. The molecule has 10 nitrogen and oxygen atoms in total. The molecule has 0 radical (unpaired) electrons. The highest BCUT2D eigenvalue weighted by atomic mass is 32.2. The van der Waals surface area contributed by atoms with Gasteiger partial charge in [-0.05, 0) is 55.2 Å². The lowest BCUT2D eigenvalue weighted by molar-refractivity contribution is -0.125. The molecule has 2 aromatic carbocycles. The van der Waals surface area contributed by atoms with Crippen molar-refractivity contribution in [3.8, 4) is 17.0 Å². The number of carbonyl (C=O) groups is 1. The molecule has 4 aromatic rings. The van der Waals surface area contributed by atoms with Crippen molar-refractivity contribution in [1.29, 1.82) is 0 Å². The molecule has 2 aromatic heterocycles. The van der Waals surface area contributed by atoms with Crippen molar-refractivity contribution in [1.82, 2.24) is 14.9 Å². The zero-order valence-corrected chi connectivity index (χ0v) is 25.5. The van der Waals surface area contributed by atoms with Gasteiger partial charge >= 0.3 is 0 Å². The Bertz CT molecular complexity index is 1820. The van der Waals surface area contributed by atoms with E-state index >= 15 is 0 Å². The first-order valence-corrected chi connectivity index (χ1v) is 16.6. The minimum atomic E-state index is -3.89. The molecule has 1 amide bonds. The fourth-order valence-corrected chi connectivity index (χ4v) is 7.60. The van der Waals surface area contributed by atoms with Crippen LogP contribution in [0.5, 0.6) is 5.88 Å². The molecule has 3 aliphatic rings. The van der Waals surface area contributed by atoms with Crippen molar-refractivity contribution in [2.75, 3.05) is 56.1 Å². The van der Waals surface area contributed by atoms with Gasteiger partial charge in [0.15, 0.2) is 0 Å². The van der Waals surface area contributed by atoms with E-state index in [4.69, 9.17) is 9.47 Å². The summed E-state index contributed by atoms with van der Waals surface area (Å²) in [5.74, 6) is 0.354. The summed E-state index contributed by atoms with van der Waals surface area (Å²) in [6.45, 7) is 4.51. The maximum absolute atomic E-state index is 13.4. The number of carbonyl (C=O) groups excluding carboxylic acids is 1. The van der Waals surface area contributed by atoms with Gasteiger partial charge in [0.05, 0.1) is 47.5 Å². The van der Waals surface area contributed by atoms with E-state index in [2.05, 4.69) is 19.6 Å². The number of anilines is 2. The van der Waals surface area contributed by atoms with Crippen LogP contribution in [0.1, 0.15) is 31.2 Å². The zero-order valence-electron chi connectivity index (χ0n) is 24.7. The van der Waals surface area contributed by atoms with E-state index in [1.165, 1.54) is 0 Å². The van der Waals surface area contributed by atoms with E-state index in [0.717, 1.165) is 91.8 Å². The number of rotatable bonds is 9. The number of likely N-dealkylation sites (N-methyl/N-ethyl adjacent to an activating group) is 1. The van der Waals surface area contributed by atoms with E-state index in [-0.39, 0.29) is 22.4 Å². The summed E-state index contributed by atoms with van der Waals surface area (Å²) in [6, 6.07) is 15.9. The number of ether oxygens (including phenoxy) is 2. The van der Waals surface area contributed by atoms with Crippen LogP contribution in [0.25, 0.3) is 22.0 Å². The van der Waals surface area contributed by atoms with Crippen LogP contribution in [0, 0.1) is 0 Å². The summed E-state index contributed by atoms with van der Waals surface area (Å²) in [6.07, 6.45) is 6.95. The summed E-state index contributed by atoms with van der Waals surface area (Å²) in [7, 11) is -2.07. The molecule has 11 heteroatoms. The molecule has 228 valence electrons. The SMILES string of the molecule is CN1C(=O)C2(CCC2)c2c1cnc1ccc(-c3cnc(OCCCN4CCOCC4)c(NS(=O)(=O)c4ccccc4)c3)cc21. The molecule has 7 rings (SSSR count). The number of nitrogens with zero attached hydrogens (tertiary/aromatic N) is 4. The highest BCUT2D eigenvalue weighted by Crippen LogP contribution is 2.55. The number of amides is 1. The van der Waals surface area contributed by atoms with Gasteiger partial charge in [-0.15, -0.1) is 0 Å². The third-order valence-corrected chi connectivity index (χ3v) is 10.4. The zero-order chi connectivity index (χ0) is 30.3. The molecular formula is C33H35N5O5S. The molecule has 1 spiro atoms. The van der Waals surface area contributed by atoms with Gasteiger partial charge in [0.1, 0.15) is 5.69 Å². The van der Waals surface area contributed by atoms with E-state index in [1.807, 2.05) is 25.2 Å². The van der Waals surface area contributed by atoms with Crippen molar-refractivity contribution in [2.45, 2.75) is 36.0 Å². The topological polar surface area (TPSA) is 114 Å². The molecule has 44 heavy (non-hydrogen) atoms. The van der Waals surface area contributed by atoms with Gasteiger partial charge in [0, 0.05) is 49.4 Å². The second-order valence-electron chi connectivity index (χ2n) is 11.7. The lowest BCUT2D eigenvalue weighted by Crippen LogP contribution is -2.43. The summed E-state index contributed by atoms with van der Waals surface area (Å²) in [5, 5.41) is 0.937. The minimum Gasteiger partial charge on any atom is -0.476 e. The molecule has 0 unspecified atom stereocenters. The molecular weight excluding hydrogens is 578 g/mol. The third-order valence-electron chi connectivity index (χ3n) is 9.05. The Morgan fingerprint density at radius 2 is 1.80 bits per heavy atom. The van der Waals surface area contributed by atoms with Crippen LogP contribution in [-0.2, 0) is 25.0 Å².